The van der Waals surface area contributed by atoms with Gasteiger partial charge in [0.2, 0.25) is 6.10 Å². The molecule has 4 nitrogen and oxygen atoms in total. The Balaban J connectivity index is 2.26. The number of hydrogen-bond donors (Lipinski definition) is 0. The topological polar surface area (TPSA) is 59.3 Å². The van der Waals surface area contributed by atoms with Crippen molar-refractivity contribution in [3.8, 4) is 6.07 Å². The highest BCUT2D eigenvalue weighted by atomic mass is 16.7. The summed E-state index contributed by atoms with van der Waals surface area (Å²) in [6.07, 6.45) is -1.79. The molecule has 0 spiro atoms. The van der Waals surface area contributed by atoms with Gasteiger partial charge in [-0.05, 0) is 23.8 Å². The molecule has 0 N–H and O–H groups in total. The molecule has 0 saturated heterocycles. The van der Waals surface area contributed by atoms with Crippen LogP contribution in [-0.4, -0.2) is 12.8 Å². The normalized spacial score (nSPS) is 11.6. The van der Waals surface area contributed by atoms with Crippen molar-refractivity contribution in [3.05, 3.63) is 48.0 Å². The second-order valence-corrected chi connectivity index (χ2v) is 3.92. The molecule has 2 aromatic rings. The molecule has 96 valence electrons. The van der Waals surface area contributed by atoms with Crippen molar-refractivity contribution in [2.75, 3.05) is 6.61 Å². The first-order valence-corrected chi connectivity index (χ1v) is 5.96. The number of rotatable bonds is 3. The summed E-state index contributed by atoms with van der Waals surface area (Å²) in [7, 11) is 0. The molecule has 1 atom stereocenters. The highest BCUT2D eigenvalue weighted by Gasteiger charge is 2.17. The maximum absolute atomic E-state index is 11.3. The fraction of sp³-hybridized carbons (Fsp3) is 0.200. The molecule has 0 aromatic heterocycles. The number of nitrogens with zero attached hydrogens (tertiary/aromatic N) is 1. The molecule has 0 aliphatic heterocycles. The van der Waals surface area contributed by atoms with Gasteiger partial charge in [0.15, 0.2) is 0 Å². The summed E-state index contributed by atoms with van der Waals surface area (Å²) < 4.78 is 9.62. The monoisotopic (exact) mass is 255 g/mol. The lowest BCUT2D eigenvalue weighted by atomic mass is 10.0. The number of ether oxygens (including phenoxy) is 2. The number of fused-ring (bicyclic) bond motifs is 1. The summed E-state index contributed by atoms with van der Waals surface area (Å²) in [5.74, 6) is 0. The maximum atomic E-state index is 11.3. The van der Waals surface area contributed by atoms with E-state index in [1.54, 1.807) is 13.0 Å². The third kappa shape index (κ3) is 3.02. The zero-order chi connectivity index (χ0) is 13.7. The zero-order valence-corrected chi connectivity index (χ0v) is 10.5. The quantitative estimate of drug-likeness (QED) is 0.786. The van der Waals surface area contributed by atoms with Gasteiger partial charge in [0.25, 0.3) is 0 Å². The summed E-state index contributed by atoms with van der Waals surface area (Å²) in [4.78, 5) is 11.3. The van der Waals surface area contributed by atoms with E-state index in [9.17, 15) is 4.79 Å². The maximum Gasteiger partial charge on any atom is 0.509 e. The fourth-order valence-electron chi connectivity index (χ4n) is 1.79. The summed E-state index contributed by atoms with van der Waals surface area (Å²) in [5.41, 5.74) is 0.634. The minimum atomic E-state index is -0.955. The lowest BCUT2D eigenvalue weighted by molar-refractivity contribution is 0.0421. The van der Waals surface area contributed by atoms with Gasteiger partial charge in [-0.15, -0.1) is 0 Å². The second-order valence-electron chi connectivity index (χ2n) is 3.92. The van der Waals surface area contributed by atoms with Crippen LogP contribution >= 0.6 is 0 Å². The summed E-state index contributed by atoms with van der Waals surface area (Å²) in [6.45, 7) is 1.90. The Bertz CT molecular complexity index is 631. The third-order valence-corrected chi connectivity index (χ3v) is 2.67. The van der Waals surface area contributed by atoms with Gasteiger partial charge >= 0.3 is 6.16 Å². The number of nitriles is 1. The van der Waals surface area contributed by atoms with Gasteiger partial charge in [-0.3, -0.25) is 0 Å². The van der Waals surface area contributed by atoms with Gasteiger partial charge in [0.05, 0.1) is 6.61 Å². The predicted molar refractivity (Wildman–Crippen MR) is 70.4 cm³/mol. The number of carbonyl (C=O) groups excluding carboxylic acids is 1. The molecule has 0 unspecified atom stereocenters. The molecule has 0 heterocycles. The SMILES string of the molecule is CCOC(=O)O[C@@H](C#N)c1ccc2ccccc2c1. The van der Waals surface area contributed by atoms with Crippen LogP contribution < -0.4 is 0 Å². The number of carbonyl (C=O) groups is 1. The Morgan fingerprint density at radius 3 is 2.68 bits per heavy atom. The van der Waals surface area contributed by atoms with Gasteiger partial charge in [0.1, 0.15) is 6.07 Å². The van der Waals surface area contributed by atoms with E-state index in [0.717, 1.165) is 10.8 Å². The molecular weight excluding hydrogens is 242 g/mol. The van der Waals surface area contributed by atoms with E-state index in [4.69, 9.17) is 10.00 Å². The van der Waals surface area contributed by atoms with Gasteiger partial charge in [-0.1, -0.05) is 36.4 Å². The fourth-order valence-corrected chi connectivity index (χ4v) is 1.79. The van der Waals surface area contributed by atoms with E-state index < -0.39 is 12.3 Å². The molecule has 0 bridgehead atoms. The van der Waals surface area contributed by atoms with Crippen molar-refractivity contribution in [1.82, 2.24) is 0 Å². The molecule has 0 fully saturated rings. The van der Waals surface area contributed by atoms with E-state index in [1.807, 2.05) is 42.5 Å². The van der Waals surface area contributed by atoms with Gasteiger partial charge in [-0.25, -0.2) is 4.79 Å². The van der Waals surface area contributed by atoms with Crippen molar-refractivity contribution >= 4 is 16.9 Å². The first kappa shape index (κ1) is 12.9. The standard InChI is InChI=1S/C15H13NO3/c1-2-18-15(17)19-14(10-16)13-8-7-11-5-3-4-6-12(11)9-13/h3-9,14H,2H2,1H3/t14-/m0/s1. The van der Waals surface area contributed by atoms with Crippen molar-refractivity contribution in [2.45, 2.75) is 13.0 Å². The molecule has 0 aliphatic carbocycles. The largest absolute Gasteiger partial charge is 0.509 e. The average molecular weight is 255 g/mol. The van der Waals surface area contributed by atoms with Crippen LogP contribution in [0.25, 0.3) is 10.8 Å². The molecule has 2 aromatic carbocycles. The van der Waals surface area contributed by atoms with Gasteiger partial charge < -0.3 is 9.47 Å². The predicted octanol–water partition coefficient (Wildman–Crippen LogP) is 3.58. The Hall–Kier alpha value is -2.54. The smallest absolute Gasteiger partial charge is 0.435 e. The molecule has 2 rings (SSSR count). The van der Waals surface area contributed by atoms with E-state index in [-0.39, 0.29) is 6.61 Å². The Morgan fingerprint density at radius 1 is 1.26 bits per heavy atom. The van der Waals surface area contributed by atoms with Crippen LogP contribution in [0.5, 0.6) is 0 Å². The van der Waals surface area contributed by atoms with Crippen molar-refractivity contribution in [2.24, 2.45) is 0 Å². The van der Waals surface area contributed by atoms with Crippen molar-refractivity contribution in [3.63, 3.8) is 0 Å². The Kier molecular flexibility index (Phi) is 3.99. The van der Waals surface area contributed by atoms with Crippen LogP contribution in [0.2, 0.25) is 0 Å². The molecule has 0 amide bonds. The van der Waals surface area contributed by atoms with Gasteiger partial charge in [-0.2, -0.15) is 5.26 Å². The van der Waals surface area contributed by atoms with E-state index in [1.165, 1.54) is 0 Å². The zero-order valence-electron chi connectivity index (χ0n) is 10.5. The second kappa shape index (κ2) is 5.87. The minimum Gasteiger partial charge on any atom is -0.435 e. The van der Waals surface area contributed by atoms with Crippen LogP contribution in [0.4, 0.5) is 4.79 Å². The van der Waals surface area contributed by atoms with Crippen LogP contribution in [0.3, 0.4) is 0 Å². The highest BCUT2D eigenvalue weighted by Crippen LogP contribution is 2.22. The van der Waals surface area contributed by atoms with Gasteiger partial charge in [0, 0.05) is 5.56 Å². The van der Waals surface area contributed by atoms with Crippen LogP contribution in [0.15, 0.2) is 42.5 Å². The third-order valence-electron chi connectivity index (χ3n) is 2.67. The van der Waals surface area contributed by atoms with E-state index >= 15 is 0 Å². The van der Waals surface area contributed by atoms with E-state index in [0.29, 0.717) is 5.56 Å². The first-order chi connectivity index (χ1) is 9.24. The molecule has 0 saturated carbocycles. The lowest BCUT2D eigenvalue weighted by Gasteiger charge is -2.11. The number of benzene rings is 2. The Morgan fingerprint density at radius 2 is 2.00 bits per heavy atom. The molecule has 19 heavy (non-hydrogen) atoms. The Labute approximate surface area is 111 Å². The highest BCUT2D eigenvalue weighted by molar-refractivity contribution is 5.83. The van der Waals surface area contributed by atoms with Crippen LogP contribution in [0.1, 0.15) is 18.6 Å². The molecule has 4 heteroatoms. The van der Waals surface area contributed by atoms with Crippen LogP contribution in [-0.2, 0) is 9.47 Å². The number of hydrogen-bond acceptors (Lipinski definition) is 4. The summed E-state index contributed by atoms with van der Waals surface area (Å²) in [5, 5.41) is 11.1. The average Bonchev–Trinajstić information content (AvgIpc) is 2.44. The molecule has 0 aliphatic rings. The van der Waals surface area contributed by atoms with Crippen molar-refractivity contribution < 1.29 is 14.3 Å². The van der Waals surface area contributed by atoms with E-state index in [2.05, 4.69) is 4.74 Å². The lowest BCUT2D eigenvalue weighted by Crippen LogP contribution is -2.11. The minimum absolute atomic E-state index is 0.217. The van der Waals surface area contributed by atoms with Crippen LogP contribution in [0, 0.1) is 11.3 Å². The van der Waals surface area contributed by atoms with Crippen molar-refractivity contribution in [1.29, 1.82) is 5.26 Å². The molecule has 0 radical (unpaired) electrons. The first-order valence-electron chi connectivity index (χ1n) is 5.96. The summed E-state index contributed by atoms with van der Waals surface area (Å²) in [6, 6.07) is 15.2. The molecular formula is C15H13NO3. The summed E-state index contributed by atoms with van der Waals surface area (Å²) >= 11 is 0.